The summed E-state index contributed by atoms with van der Waals surface area (Å²) in [6.45, 7) is 11.0. The van der Waals surface area contributed by atoms with Gasteiger partial charge in [-0.1, -0.05) is 0 Å². The number of aromatic nitrogens is 2. The van der Waals surface area contributed by atoms with E-state index < -0.39 is 0 Å². The number of rotatable bonds is 6. The first-order valence-corrected chi connectivity index (χ1v) is 7.38. The van der Waals surface area contributed by atoms with Gasteiger partial charge in [-0.15, -0.1) is 0 Å². The lowest BCUT2D eigenvalue weighted by atomic mass is 9.89. The van der Waals surface area contributed by atoms with Crippen molar-refractivity contribution in [2.75, 3.05) is 26.3 Å². The van der Waals surface area contributed by atoms with Crippen LogP contribution in [0.5, 0.6) is 0 Å². The van der Waals surface area contributed by atoms with E-state index in [1.54, 1.807) is 0 Å². The van der Waals surface area contributed by atoms with Crippen LogP contribution in [-0.2, 0) is 17.7 Å². The largest absolute Gasteiger partial charge is 0.379 e. The Morgan fingerprint density at radius 3 is 2.75 bits per heavy atom. The normalized spacial score (nSPS) is 19.2. The van der Waals surface area contributed by atoms with Crippen LogP contribution in [0, 0.1) is 0 Å². The lowest BCUT2D eigenvalue weighted by Gasteiger charge is -2.45. The molecule has 1 fully saturated rings. The Morgan fingerprint density at radius 1 is 1.45 bits per heavy atom. The van der Waals surface area contributed by atoms with Crippen molar-refractivity contribution in [1.82, 2.24) is 19.9 Å². The molecule has 0 aliphatic carbocycles. The molecule has 20 heavy (non-hydrogen) atoms. The molecule has 6 heteroatoms. The third-order valence-electron chi connectivity index (χ3n) is 4.41. The summed E-state index contributed by atoms with van der Waals surface area (Å²) < 4.78 is 7.61. The molecule has 1 atom stereocenters. The zero-order valence-corrected chi connectivity index (χ0v) is 12.8. The van der Waals surface area contributed by atoms with Crippen molar-refractivity contribution in [3.05, 3.63) is 18.2 Å². The molecule has 1 aliphatic heterocycles. The van der Waals surface area contributed by atoms with E-state index in [0.29, 0.717) is 0 Å². The molecule has 1 aliphatic rings. The molecule has 114 valence electrons. The van der Waals surface area contributed by atoms with E-state index in [1.807, 2.05) is 12.4 Å². The Kier molecular flexibility index (Phi) is 5.15. The van der Waals surface area contributed by atoms with Crippen LogP contribution in [0.1, 0.15) is 26.6 Å². The minimum Gasteiger partial charge on any atom is -0.379 e. The number of nitrogens with two attached hydrogens (primary N) is 1. The second-order valence-electron chi connectivity index (χ2n) is 5.81. The third kappa shape index (κ3) is 3.20. The predicted molar refractivity (Wildman–Crippen MR) is 79.2 cm³/mol. The van der Waals surface area contributed by atoms with Gasteiger partial charge in [0.05, 0.1) is 13.2 Å². The van der Waals surface area contributed by atoms with Gasteiger partial charge in [-0.25, -0.2) is 4.98 Å². The fourth-order valence-corrected chi connectivity index (χ4v) is 2.87. The predicted octanol–water partition coefficient (Wildman–Crippen LogP) is 0.388. The van der Waals surface area contributed by atoms with Gasteiger partial charge in [-0.05, 0) is 20.8 Å². The van der Waals surface area contributed by atoms with E-state index >= 15 is 0 Å². The molecule has 0 bridgehead atoms. The number of imidazole rings is 1. The lowest BCUT2D eigenvalue weighted by molar-refractivity contribution is -0.0236. The van der Waals surface area contributed by atoms with Gasteiger partial charge in [0.2, 0.25) is 0 Å². The van der Waals surface area contributed by atoms with Crippen LogP contribution in [0.25, 0.3) is 0 Å². The monoisotopic (exact) mass is 281 g/mol. The Labute approximate surface area is 121 Å². The molecule has 1 saturated heterocycles. The number of nitrogens with one attached hydrogen (secondary N) is 1. The van der Waals surface area contributed by atoms with Crippen LogP contribution in [0.2, 0.25) is 0 Å². The first kappa shape index (κ1) is 15.4. The molecule has 2 rings (SSSR count). The highest BCUT2D eigenvalue weighted by Crippen LogP contribution is 2.22. The second kappa shape index (κ2) is 6.67. The Morgan fingerprint density at radius 2 is 2.15 bits per heavy atom. The highest BCUT2D eigenvalue weighted by Gasteiger charge is 2.36. The molecular weight excluding hydrogens is 254 g/mol. The van der Waals surface area contributed by atoms with Gasteiger partial charge in [-0.3, -0.25) is 16.2 Å². The molecule has 0 spiro atoms. The molecule has 0 aromatic carbocycles. The van der Waals surface area contributed by atoms with Crippen LogP contribution in [0.3, 0.4) is 0 Å². The average molecular weight is 281 g/mol. The molecule has 1 aromatic heterocycles. The Hall–Kier alpha value is -0.950. The van der Waals surface area contributed by atoms with Crippen molar-refractivity contribution < 1.29 is 4.74 Å². The fourth-order valence-electron chi connectivity index (χ4n) is 2.87. The number of hydrogen-bond acceptors (Lipinski definition) is 5. The average Bonchev–Trinajstić information content (AvgIpc) is 2.92. The van der Waals surface area contributed by atoms with E-state index in [-0.39, 0.29) is 11.6 Å². The van der Waals surface area contributed by atoms with E-state index in [4.69, 9.17) is 10.6 Å². The van der Waals surface area contributed by atoms with Crippen molar-refractivity contribution in [2.24, 2.45) is 5.84 Å². The molecule has 0 radical (unpaired) electrons. The third-order valence-corrected chi connectivity index (χ3v) is 4.41. The molecule has 1 aromatic rings. The summed E-state index contributed by atoms with van der Waals surface area (Å²) in [5.41, 5.74) is 2.95. The number of ether oxygens (including phenoxy) is 1. The Balaban J connectivity index is 2.09. The smallest absolute Gasteiger partial charge is 0.110 e. The van der Waals surface area contributed by atoms with Crippen LogP contribution >= 0.6 is 0 Å². The topological polar surface area (TPSA) is 68.3 Å². The molecule has 0 amide bonds. The van der Waals surface area contributed by atoms with Gasteiger partial charge in [0, 0.05) is 50.0 Å². The zero-order chi connectivity index (χ0) is 14.6. The maximum absolute atomic E-state index is 5.83. The Bertz CT molecular complexity index is 411. The van der Waals surface area contributed by atoms with Crippen molar-refractivity contribution in [2.45, 2.75) is 45.3 Å². The molecule has 3 N–H and O–H groups in total. The number of aryl methyl sites for hydroxylation is 1. The molecule has 6 nitrogen and oxygen atoms in total. The van der Waals surface area contributed by atoms with E-state index in [0.717, 1.165) is 45.1 Å². The molecule has 0 saturated carbocycles. The first-order valence-electron chi connectivity index (χ1n) is 7.38. The summed E-state index contributed by atoms with van der Waals surface area (Å²) in [6, 6.07) is 0.147. The van der Waals surface area contributed by atoms with Gasteiger partial charge < -0.3 is 9.30 Å². The molecular formula is C14H27N5O. The summed E-state index contributed by atoms with van der Waals surface area (Å²) in [7, 11) is 0. The second-order valence-corrected chi connectivity index (χ2v) is 5.81. The van der Waals surface area contributed by atoms with Crippen LogP contribution in [0.4, 0.5) is 0 Å². The molecule has 1 unspecified atom stereocenters. The first-order chi connectivity index (χ1) is 9.59. The van der Waals surface area contributed by atoms with Crippen molar-refractivity contribution in [3.63, 3.8) is 0 Å². The van der Waals surface area contributed by atoms with Gasteiger partial charge in [-0.2, -0.15) is 0 Å². The van der Waals surface area contributed by atoms with E-state index in [2.05, 4.69) is 40.6 Å². The highest BCUT2D eigenvalue weighted by atomic mass is 16.5. The van der Waals surface area contributed by atoms with Gasteiger partial charge >= 0.3 is 0 Å². The number of hydrogen-bond donors (Lipinski definition) is 2. The van der Waals surface area contributed by atoms with Crippen molar-refractivity contribution in [3.8, 4) is 0 Å². The highest BCUT2D eigenvalue weighted by molar-refractivity contribution is 5.02. The fraction of sp³-hybridized carbons (Fsp3) is 0.786. The van der Waals surface area contributed by atoms with E-state index in [9.17, 15) is 0 Å². The van der Waals surface area contributed by atoms with E-state index in [1.165, 1.54) is 0 Å². The summed E-state index contributed by atoms with van der Waals surface area (Å²) in [5.74, 6) is 6.91. The summed E-state index contributed by atoms with van der Waals surface area (Å²) in [6.07, 6.45) is 4.69. The van der Waals surface area contributed by atoms with Crippen LogP contribution in [0.15, 0.2) is 12.4 Å². The number of morpholine rings is 1. The van der Waals surface area contributed by atoms with Crippen molar-refractivity contribution in [1.29, 1.82) is 0 Å². The minimum atomic E-state index is -0.0386. The van der Waals surface area contributed by atoms with Crippen molar-refractivity contribution >= 4 is 0 Å². The van der Waals surface area contributed by atoms with Gasteiger partial charge in [0.15, 0.2) is 0 Å². The maximum Gasteiger partial charge on any atom is 0.110 e. The number of hydrazine groups is 1. The maximum atomic E-state index is 5.83. The van der Waals surface area contributed by atoms with Crippen LogP contribution < -0.4 is 11.3 Å². The summed E-state index contributed by atoms with van der Waals surface area (Å²) in [5, 5.41) is 0. The number of nitrogens with zero attached hydrogens (tertiary/aromatic N) is 3. The summed E-state index contributed by atoms with van der Waals surface area (Å²) >= 11 is 0. The van der Waals surface area contributed by atoms with Gasteiger partial charge in [0.1, 0.15) is 5.82 Å². The SMILES string of the molecule is CCn1ccnc1CC(NN)C(C)(C)N1CCOCC1. The lowest BCUT2D eigenvalue weighted by Crippen LogP contribution is -2.62. The van der Waals surface area contributed by atoms with Crippen LogP contribution in [-0.4, -0.2) is 52.3 Å². The standard InChI is InChI=1S/C14H27N5O/c1-4-18-6-5-16-13(18)11-12(17-15)14(2,3)19-7-9-20-10-8-19/h5-6,12,17H,4,7-11,15H2,1-3H3. The van der Waals surface area contributed by atoms with Gasteiger partial charge in [0.25, 0.3) is 0 Å². The summed E-state index contributed by atoms with van der Waals surface area (Å²) in [4.78, 5) is 6.90. The molecule has 2 heterocycles. The zero-order valence-electron chi connectivity index (χ0n) is 12.8. The minimum absolute atomic E-state index is 0.0386. The quantitative estimate of drug-likeness (QED) is 0.583.